The molecule has 4 aromatic heterocycles. The van der Waals surface area contributed by atoms with Crippen LogP contribution in [0.1, 0.15) is 5.56 Å². The van der Waals surface area contributed by atoms with Crippen LogP contribution in [-0.4, -0.2) is 30.8 Å². The van der Waals surface area contributed by atoms with Gasteiger partial charge in [0.15, 0.2) is 11.5 Å². The van der Waals surface area contributed by atoms with Gasteiger partial charge >= 0.3 is 0 Å². The SMILES string of the molecule is Nc1ncccc1-c1nc2cc(-c3cccnc3)cnc2n1-c1ccc(CC=O)cc1. The van der Waals surface area contributed by atoms with Gasteiger partial charge in [0.2, 0.25) is 0 Å². The van der Waals surface area contributed by atoms with E-state index >= 15 is 0 Å². The van der Waals surface area contributed by atoms with Crippen LogP contribution in [0.3, 0.4) is 0 Å². The summed E-state index contributed by atoms with van der Waals surface area (Å²) in [5, 5.41) is 0. The fourth-order valence-electron chi connectivity index (χ4n) is 3.57. The number of pyridine rings is 3. The molecule has 5 aromatic rings. The van der Waals surface area contributed by atoms with Gasteiger partial charge in [-0.3, -0.25) is 9.55 Å². The Morgan fingerprint density at radius 2 is 1.77 bits per heavy atom. The van der Waals surface area contributed by atoms with Crippen LogP contribution in [0.4, 0.5) is 5.82 Å². The van der Waals surface area contributed by atoms with Crippen molar-refractivity contribution < 1.29 is 4.79 Å². The summed E-state index contributed by atoms with van der Waals surface area (Å²) in [4.78, 5) is 28.8. The lowest BCUT2D eigenvalue weighted by Gasteiger charge is -2.10. The second-order valence-electron chi connectivity index (χ2n) is 7.05. The standard InChI is InChI=1S/C24H18N6O/c25-22-20(4-2-11-27-22)23-29-21-13-18(17-3-1-10-26-14-17)15-28-24(21)30(23)19-7-5-16(6-8-19)9-12-31/h1-8,10-15H,9H2,(H2,25,27). The Labute approximate surface area is 178 Å². The highest BCUT2D eigenvalue weighted by Gasteiger charge is 2.18. The van der Waals surface area contributed by atoms with Crippen LogP contribution in [0.25, 0.3) is 39.4 Å². The third-order valence-corrected chi connectivity index (χ3v) is 5.09. The number of hydrogen-bond acceptors (Lipinski definition) is 6. The number of aldehydes is 1. The van der Waals surface area contributed by atoms with Crippen molar-refractivity contribution in [2.75, 3.05) is 5.73 Å². The minimum atomic E-state index is 0.375. The molecule has 0 aliphatic carbocycles. The van der Waals surface area contributed by atoms with Crippen molar-refractivity contribution in [3.8, 4) is 28.2 Å². The fourth-order valence-corrected chi connectivity index (χ4v) is 3.57. The highest BCUT2D eigenvalue weighted by atomic mass is 16.1. The van der Waals surface area contributed by atoms with Crippen LogP contribution in [0, 0.1) is 0 Å². The molecule has 31 heavy (non-hydrogen) atoms. The maximum Gasteiger partial charge on any atom is 0.164 e. The van der Waals surface area contributed by atoms with E-state index in [0.29, 0.717) is 23.7 Å². The van der Waals surface area contributed by atoms with Crippen LogP contribution in [-0.2, 0) is 11.2 Å². The predicted octanol–water partition coefficient (Wildman–Crippen LogP) is 3.87. The summed E-state index contributed by atoms with van der Waals surface area (Å²) in [5.74, 6) is 1.05. The molecule has 150 valence electrons. The number of fused-ring (bicyclic) bond motifs is 1. The Kier molecular flexibility index (Phi) is 4.68. The minimum absolute atomic E-state index is 0.375. The molecule has 1 aromatic carbocycles. The van der Waals surface area contributed by atoms with Gasteiger partial charge in [-0.1, -0.05) is 18.2 Å². The van der Waals surface area contributed by atoms with E-state index in [9.17, 15) is 4.79 Å². The van der Waals surface area contributed by atoms with Crippen molar-refractivity contribution in [3.05, 3.63) is 84.9 Å². The summed E-state index contributed by atoms with van der Waals surface area (Å²) in [5.41, 5.74) is 12.0. The maximum atomic E-state index is 10.8. The molecular weight excluding hydrogens is 388 g/mol. The van der Waals surface area contributed by atoms with E-state index in [1.807, 2.05) is 65.4 Å². The first-order valence-corrected chi connectivity index (χ1v) is 9.77. The number of carbonyl (C=O) groups excluding carboxylic acids is 1. The summed E-state index contributed by atoms with van der Waals surface area (Å²) in [6, 6.07) is 17.3. The largest absolute Gasteiger partial charge is 0.383 e. The summed E-state index contributed by atoms with van der Waals surface area (Å²) < 4.78 is 1.96. The zero-order valence-corrected chi connectivity index (χ0v) is 16.5. The number of carbonyl (C=O) groups is 1. The van der Waals surface area contributed by atoms with Crippen molar-refractivity contribution in [2.45, 2.75) is 6.42 Å². The lowest BCUT2D eigenvalue weighted by molar-refractivity contribution is -0.107. The van der Waals surface area contributed by atoms with Gasteiger partial charge in [-0.2, -0.15) is 0 Å². The maximum absolute atomic E-state index is 10.8. The number of imidazole rings is 1. The monoisotopic (exact) mass is 406 g/mol. The smallest absolute Gasteiger partial charge is 0.164 e. The van der Waals surface area contributed by atoms with Gasteiger partial charge in [0, 0.05) is 48.0 Å². The zero-order chi connectivity index (χ0) is 21.2. The number of nitrogens with two attached hydrogens (primary N) is 1. The van der Waals surface area contributed by atoms with Gasteiger partial charge in [-0.15, -0.1) is 0 Å². The molecule has 4 heterocycles. The second kappa shape index (κ2) is 7.79. The fraction of sp³-hybridized carbons (Fsp3) is 0.0417. The molecular formula is C24H18N6O. The molecule has 0 radical (unpaired) electrons. The van der Waals surface area contributed by atoms with E-state index in [1.54, 1.807) is 18.6 Å². The third kappa shape index (κ3) is 3.42. The van der Waals surface area contributed by atoms with E-state index < -0.39 is 0 Å². The first-order chi connectivity index (χ1) is 15.2. The van der Waals surface area contributed by atoms with Crippen LogP contribution in [0.15, 0.2) is 79.4 Å². The average molecular weight is 406 g/mol. The minimum Gasteiger partial charge on any atom is -0.383 e. The van der Waals surface area contributed by atoms with E-state index in [1.165, 1.54) is 0 Å². The Morgan fingerprint density at radius 3 is 2.52 bits per heavy atom. The zero-order valence-electron chi connectivity index (χ0n) is 16.5. The van der Waals surface area contributed by atoms with Crippen molar-refractivity contribution >= 4 is 23.3 Å². The molecule has 0 saturated carbocycles. The van der Waals surface area contributed by atoms with Gasteiger partial charge in [0.1, 0.15) is 17.6 Å². The van der Waals surface area contributed by atoms with E-state index in [4.69, 9.17) is 15.7 Å². The molecule has 0 fully saturated rings. The summed E-state index contributed by atoms with van der Waals surface area (Å²) in [6.07, 6.45) is 8.27. The Bertz CT molecular complexity index is 1380. The molecule has 7 nitrogen and oxygen atoms in total. The molecule has 0 amide bonds. The molecule has 0 aliphatic rings. The number of benzene rings is 1. The van der Waals surface area contributed by atoms with Crippen molar-refractivity contribution in [1.82, 2.24) is 24.5 Å². The second-order valence-corrected chi connectivity index (χ2v) is 7.05. The molecule has 0 aliphatic heterocycles. The first-order valence-electron chi connectivity index (χ1n) is 9.77. The molecule has 5 rings (SSSR count). The van der Waals surface area contributed by atoms with E-state index in [2.05, 4.69) is 9.97 Å². The third-order valence-electron chi connectivity index (χ3n) is 5.09. The molecule has 0 saturated heterocycles. The summed E-state index contributed by atoms with van der Waals surface area (Å²) in [7, 11) is 0. The number of nitrogens with zero attached hydrogens (tertiary/aromatic N) is 5. The van der Waals surface area contributed by atoms with Gasteiger partial charge in [0.05, 0.1) is 5.56 Å². The van der Waals surface area contributed by atoms with E-state index in [0.717, 1.165) is 39.7 Å². The highest BCUT2D eigenvalue weighted by molar-refractivity contribution is 5.85. The van der Waals surface area contributed by atoms with Crippen molar-refractivity contribution in [2.24, 2.45) is 0 Å². The predicted molar refractivity (Wildman–Crippen MR) is 120 cm³/mol. The van der Waals surface area contributed by atoms with Gasteiger partial charge < -0.3 is 10.5 Å². The Hall–Kier alpha value is -4.39. The number of hydrogen-bond donors (Lipinski definition) is 1. The topological polar surface area (TPSA) is 99.6 Å². The highest BCUT2D eigenvalue weighted by Crippen LogP contribution is 2.31. The summed E-state index contributed by atoms with van der Waals surface area (Å²) in [6.45, 7) is 0. The lowest BCUT2D eigenvalue weighted by atomic mass is 10.1. The lowest BCUT2D eigenvalue weighted by Crippen LogP contribution is -2.02. The van der Waals surface area contributed by atoms with Gasteiger partial charge in [0.25, 0.3) is 0 Å². The number of rotatable bonds is 5. The average Bonchev–Trinajstić information content (AvgIpc) is 3.19. The van der Waals surface area contributed by atoms with Gasteiger partial charge in [-0.05, 0) is 42.0 Å². The quantitative estimate of drug-likeness (QED) is 0.445. The van der Waals surface area contributed by atoms with Crippen molar-refractivity contribution in [3.63, 3.8) is 0 Å². The number of nitrogen functional groups attached to an aromatic ring is 1. The van der Waals surface area contributed by atoms with Crippen LogP contribution in [0.2, 0.25) is 0 Å². The molecule has 0 unspecified atom stereocenters. The van der Waals surface area contributed by atoms with E-state index in [-0.39, 0.29) is 0 Å². The molecule has 0 atom stereocenters. The first kappa shape index (κ1) is 18.6. The van der Waals surface area contributed by atoms with Crippen LogP contribution in [0.5, 0.6) is 0 Å². The normalized spacial score (nSPS) is 11.0. The van der Waals surface area contributed by atoms with Crippen LogP contribution < -0.4 is 5.73 Å². The molecule has 7 heteroatoms. The Balaban J connectivity index is 1.74. The van der Waals surface area contributed by atoms with Gasteiger partial charge in [-0.25, -0.2) is 15.0 Å². The molecule has 0 spiro atoms. The molecule has 2 N–H and O–H groups in total. The van der Waals surface area contributed by atoms with Crippen LogP contribution >= 0.6 is 0 Å². The van der Waals surface area contributed by atoms with Crippen molar-refractivity contribution in [1.29, 1.82) is 0 Å². The number of aromatic nitrogens is 5. The number of anilines is 1. The Morgan fingerprint density at radius 1 is 0.935 bits per heavy atom. The molecule has 0 bridgehead atoms. The summed E-state index contributed by atoms with van der Waals surface area (Å²) >= 11 is 0.